The molecule has 2 aromatic carbocycles. The summed E-state index contributed by atoms with van der Waals surface area (Å²) in [5.41, 5.74) is 0.935. The van der Waals surface area contributed by atoms with Crippen LogP contribution < -0.4 is 15.6 Å². The van der Waals surface area contributed by atoms with Crippen LogP contribution in [0.25, 0.3) is 10.9 Å². The Balaban J connectivity index is 1.34. The quantitative estimate of drug-likeness (QED) is 0.529. The molecule has 0 spiro atoms. The van der Waals surface area contributed by atoms with Crippen molar-refractivity contribution in [2.45, 2.75) is 13.0 Å². The van der Waals surface area contributed by atoms with Crippen LogP contribution in [0.5, 0.6) is 11.6 Å². The molecule has 1 amide bonds. The van der Waals surface area contributed by atoms with E-state index in [-0.39, 0.29) is 30.2 Å². The lowest BCUT2D eigenvalue weighted by Crippen LogP contribution is -2.23. The van der Waals surface area contributed by atoms with E-state index < -0.39 is 0 Å². The van der Waals surface area contributed by atoms with E-state index >= 15 is 0 Å². The smallest absolute Gasteiger partial charge is 0.261 e. The van der Waals surface area contributed by atoms with E-state index in [0.717, 1.165) is 0 Å². The van der Waals surface area contributed by atoms with Gasteiger partial charge >= 0.3 is 0 Å². The molecule has 1 N–H and O–H groups in total. The highest BCUT2D eigenvalue weighted by Crippen LogP contribution is 2.20. The lowest BCUT2D eigenvalue weighted by molar-refractivity contribution is -0.116. The molecule has 0 aliphatic heterocycles. The third kappa shape index (κ3) is 4.49. The number of para-hydroxylation sites is 1. The van der Waals surface area contributed by atoms with Crippen molar-refractivity contribution in [1.82, 2.24) is 14.5 Å². The van der Waals surface area contributed by atoms with E-state index in [2.05, 4.69) is 15.3 Å². The van der Waals surface area contributed by atoms with E-state index in [1.807, 2.05) is 6.07 Å². The Kier molecular flexibility index (Phi) is 5.47. The van der Waals surface area contributed by atoms with Crippen LogP contribution in [-0.4, -0.2) is 20.4 Å². The van der Waals surface area contributed by atoms with Gasteiger partial charge in [0.15, 0.2) is 0 Å². The number of carbonyl (C=O) groups excluding carboxylic acids is 1. The highest BCUT2D eigenvalue weighted by Gasteiger charge is 2.08. The molecule has 0 fully saturated rings. The number of rotatable bonds is 6. The van der Waals surface area contributed by atoms with E-state index in [1.54, 1.807) is 30.3 Å². The number of benzene rings is 2. The molecule has 7 nitrogen and oxygen atoms in total. The fraction of sp³-hybridized carbons (Fsp3) is 0.0909. The van der Waals surface area contributed by atoms with Crippen molar-refractivity contribution >= 4 is 22.5 Å². The summed E-state index contributed by atoms with van der Waals surface area (Å²) >= 11 is 0. The van der Waals surface area contributed by atoms with Gasteiger partial charge in [-0.2, -0.15) is 0 Å². The summed E-state index contributed by atoms with van der Waals surface area (Å²) in [5.74, 6) is 0.155. The number of fused-ring (bicyclic) bond motifs is 1. The Hall–Kier alpha value is -4.07. The second-order valence-electron chi connectivity index (χ2n) is 6.50. The standard InChI is InChI=1S/C22H17FN4O3/c23-15-5-8-17(9-6-15)30-21-10-7-16(13-24-21)26-20(28)11-12-27-14-25-19-4-2-1-3-18(19)22(27)29/h1-10,13-14H,11-12H2,(H,26,28). The molecule has 8 heteroatoms. The number of hydrogen-bond acceptors (Lipinski definition) is 5. The van der Waals surface area contributed by atoms with Gasteiger partial charge in [0.1, 0.15) is 11.6 Å². The summed E-state index contributed by atoms with van der Waals surface area (Å²) in [5, 5.41) is 3.24. The van der Waals surface area contributed by atoms with Crippen LogP contribution >= 0.6 is 0 Å². The maximum Gasteiger partial charge on any atom is 0.261 e. The predicted molar refractivity (Wildman–Crippen MR) is 110 cm³/mol. The largest absolute Gasteiger partial charge is 0.439 e. The molecule has 0 bridgehead atoms. The Labute approximate surface area is 170 Å². The summed E-state index contributed by atoms with van der Waals surface area (Å²) in [6.07, 6.45) is 3.01. The molecule has 0 radical (unpaired) electrons. The van der Waals surface area contributed by atoms with E-state index in [1.165, 1.54) is 41.4 Å². The normalized spacial score (nSPS) is 10.7. The molecule has 0 aliphatic rings. The van der Waals surface area contributed by atoms with Gasteiger partial charge in [-0.1, -0.05) is 12.1 Å². The Morgan fingerprint density at radius 1 is 1.03 bits per heavy atom. The van der Waals surface area contributed by atoms with Crippen LogP contribution in [0.3, 0.4) is 0 Å². The maximum absolute atomic E-state index is 12.9. The van der Waals surface area contributed by atoms with Gasteiger partial charge in [-0.05, 0) is 42.5 Å². The molecule has 0 atom stereocenters. The van der Waals surface area contributed by atoms with Gasteiger partial charge in [-0.25, -0.2) is 14.4 Å². The minimum atomic E-state index is -0.352. The number of pyridine rings is 1. The lowest BCUT2D eigenvalue weighted by atomic mass is 10.2. The molecule has 0 unspecified atom stereocenters. The first-order valence-corrected chi connectivity index (χ1v) is 9.22. The zero-order chi connectivity index (χ0) is 20.9. The van der Waals surface area contributed by atoms with E-state index in [0.29, 0.717) is 28.2 Å². The topological polar surface area (TPSA) is 86.1 Å². The van der Waals surface area contributed by atoms with Crippen LogP contribution in [0.4, 0.5) is 10.1 Å². The first-order chi connectivity index (χ1) is 14.6. The van der Waals surface area contributed by atoms with Crippen LogP contribution in [0, 0.1) is 5.82 Å². The summed E-state index contributed by atoms with van der Waals surface area (Å²) in [4.78, 5) is 33.0. The molecule has 0 saturated carbocycles. The summed E-state index contributed by atoms with van der Waals surface area (Å²) < 4.78 is 19.9. The number of nitrogens with one attached hydrogen (secondary N) is 1. The number of halogens is 1. The van der Waals surface area contributed by atoms with Gasteiger partial charge in [0, 0.05) is 19.0 Å². The number of aromatic nitrogens is 3. The van der Waals surface area contributed by atoms with Crippen LogP contribution in [0.1, 0.15) is 6.42 Å². The molecule has 0 saturated heterocycles. The minimum absolute atomic E-state index is 0.105. The third-order valence-electron chi connectivity index (χ3n) is 4.37. The number of ether oxygens (including phenoxy) is 1. The van der Waals surface area contributed by atoms with Crippen LogP contribution in [0.2, 0.25) is 0 Å². The molecule has 2 heterocycles. The maximum atomic E-state index is 12.9. The third-order valence-corrected chi connectivity index (χ3v) is 4.37. The molecular formula is C22H17FN4O3. The van der Waals surface area contributed by atoms with Crippen molar-refractivity contribution in [2.24, 2.45) is 0 Å². The second kappa shape index (κ2) is 8.52. The molecule has 150 valence electrons. The Morgan fingerprint density at radius 3 is 2.60 bits per heavy atom. The van der Waals surface area contributed by atoms with Crippen molar-refractivity contribution in [3.05, 3.63) is 89.4 Å². The van der Waals surface area contributed by atoms with Crippen molar-refractivity contribution in [1.29, 1.82) is 0 Å². The van der Waals surface area contributed by atoms with E-state index in [9.17, 15) is 14.0 Å². The average Bonchev–Trinajstić information content (AvgIpc) is 2.76. The van der Waals surface area contributed by atoms with Gasteiger partial charge in [0.2, 0.25) is 11.8 Å². The molecular weight excluding hydrogens is 387 g/mol. The zero-order valence-corrected chi connectivity index (χ0v) is 15.8. The first kappa shape index (κ1) is 19.3. The van der Waals surface area contributed by atoms with Crippen molar-refractivity contribution in [3.63, 3.8) is 0 Å². The van der Waals surface area contributed by atoms with Crippen molar-refractivity contribution in [3.8, 4) is 11.6 Å². The fourth-order valence-electron chi connectivity index (χ4n) is 2.85. The molecule has 2 aromatic heterocycles. The highest BCUT2D eigenvalue weighted by atomic mass is 19.1. The summed E-state index contributed by atoms with van der Waals surface area (Å²) in [7, 11) is 0. The van der Waals surface area contributed by atoms with Gasteiger partial charge in [0.25, 0.3) is 5.56 Å². The summed E-state index contributed by atoms with van der Waals surface area (Å²) in [6, 6.07) is 15.9. The monoisotopic (exact) mass is 404 g/mol. The number of aryl methyl sites for hydroxylation is 1. The first-order valence-electron chi connectivity index (χ1n) is 9.22. The van der Waals surface area contributed by atoms with Crippen molar-refractivity contribution < 1.29 is 13.9 Å². The predicted octanol–water partition coefficient (Wildman–Crippen LogP) is 3.75. The number of nitrogens with zero attached hydrogens (tertiary/aromatic N) is 3. The van der Waals surface area contributed by atoms with Crippen molar-refractivity contribution in [2.75, 3.05) is 5.32 Å². The zero-order valence-electron chi connectivity index (χ0n) is 15.8. The fourth-order valence-corrected chi connectivity index (χ4v) is 2.85. The van der Waals surface area contributed by atoms with Crippen LogP contribution in [-0.2, 0) is 11.3 Å². The number of amides is 1. The van der Waals surface area contributed by atoms with Gasteiger partial charge < -0.3 is 10.1 Å². The van der Waals surface area contributed by atoms with Gasteiger partial charge in [-0.3, -0.25) is 14.2 Å². The lowest BCUT2D eigenvalue weighted by Gasteiger charge is -2.08. The average molecular weight is 404 g/mol. The SMILES string of the molecule is O=C(CCn1cnc2ccccc2c1=O)Nc1ccc(Oc2ccc(F)cc2)nc1. The summed E-state index contributed by atoms with van der Waals surface area (Å²) in [6.45, 7) is 0.210. The molecule has 4 aromatic rings. The number of carbonyl (C=O) groups is 1. The number of anilines is 1. The highest BCUT2D eigenvalue weighted by molar-refractivity contribution is 5.90. The molecule has 4 rings (SSSR count). The Morgan fingerprint density at radius 2 is 1.83 bits per heavy atom. The Bertz CT molecular complexity index is 1240. The van der Waals surface area contributed by atoms with Crippen LogP contribution in [0.15, 0.2) is 78.0 Å². The molecule has 0 aliphatic carbocycles. The molecule has 30 heavy (non-hydrogen) atoms. The van der Waals surface area contributed by atoms with Gasteiger partial charge in [-0.15, -0.1) is 0 Å². The second-order valence-corrected chi connectivity index (χ2v) is 6.50. The number of hydrogen-bond donors (Lipinski definition) is 1. The minimum Gasteiger partial charge on any atom is -0.439 e. The van der Waals surface area contributed by atoms with E-state index in [4.69, 9.17) is 4.74 Å². The van der Waals surface area contributed by atoms with Gasteiger partial charge in [0.05, 0.1) is 29.1 Å².